The normalized spacial score (nSPS) is 14.5. The summed E-state index contributed by atoms with van der Waals surface area (Å²) in [4.78, 5) is 10.8. The van der Waals surface area contributed by atoms with Gasteiger partial charge in [-0.25, -0.2) is 0 Å². The Morgan fingerprint density at radius 2 is 2.14 bits per heavy atom. The van der Waals surface area contributed by atoms with Gasteiger partial charge in [0.05, 0.1) is 0 Å². The topological polar surface area (TPSA) is 49.3 Å². The monoisotopic (exact) mass is 219 g/mol. The summed E-state index contributed by atoms with van der Waals surface area (Å²) in [6.07, 6.45) is 0.630. The molecule has 0 saturated carbocycles. The van der Waals surface area contributed by atoms with Gasteiger partial charge in [0.2, 0.25) is 0 Å². The molecule has 0 bridgehead atoms. The van der Waals surface area contributed by atoms with E-state index >= 15 is 0 Å². The number of nitrogens with one attached hydrogen (secondary N) is 1. The standard InChI is InChI=1S/C10H18ClNO2/c1-7(2)4-9(10(13)14)12-6-8(3)5-11/h5,7,9,12H,4,6H2,1-3H3,(H,13,14). The predicted octanol–water partition coefficient (Wildman–Crippen LogP) is 2.22. The first-order valence-electron chi connectivity index (χ1n) is 4.69. The SMILES string of the molecule is CC(=CCl)CNC(CC(C)C)C(=O)O. The lowest BCUT2D eigenvalue weighted by Crippen LogP contribution is -2.38. The smallest absolute Gasteiger partial charge is 0.320 e. The first-order valence-corrected chi connectivity index (χ1v) is 5.13. The summed E-state index contributed by atoms with van der Waals surface area (Å²) in [5.41, 5.74) is 2.39. The fourth-order valence-electron chi connectivity index (χ4n) is 1.07. The summed E-state index contributed by atoms with van der Waals surface area (Å²) in [7, 11) is 0. The van der Waals surface area contributed by atoms with E-state index in [1.54, 1.807) is 0 Å². The molecule has 0 aromatic heterocycles. The molecule has 0 aliphatic heterocycles. The lowest BCUT2D eigenvalue weighted by atomic mass is 10.0. The highest BCUT2D eigenvalue weighted by atomic mass is 35.5. The fraction of sp³-hybridized carbons (Fsp3) is 0.700. The molecule has 3 nitrogen and oxygen atoms in total. The molecule has 0 heterocycles. The van der Waals surface area contributed by atoms with Gasteiger partial charge in [0.15, 0.2) is 0 Å². The van der Waals surface area contributed by atoms with Crippen LogP contribution in [-0.4, -0.2) is 23.7 Å². The minimum absolute atomic E-state index is 0.365. The summed E-state index contributed by atoms with van der Waals surface area (Å²) in [5, 5.41) is 11.8. The van der Waals surface area contributed by atoms with Crippen molar-refractivity contribution in [3.05, 3.63) is 11.1 Å². The van der Waals surface area contributed by atoms with Crippen molar-refractivity contribution in [3.63, 3.8) is 0 Å². The van der Waals surface area contributed by atoms with Crippen LogP contribution in [0.2, 0.25) is 0 Å². The van der Waals surface area contributed by atoms with Crippen molar-refractivity contribution in [1.29, 1.82) is 0 Å². The summed E-state index contributed by atoms with van der Waals surface area (Å²) in [6.45, 7) is 6.38. The number of aliphatic carboxylic acids is 1. The number of carboxylic acid groups (broad SMARTS) is 1. The van der Waals surface area contributed by atoms with E-state index in [9.17, 15) is 4.79 Å². The van der Waals surface area contributed by atoms with Crippen LogP contribution >= 0.6 is 11.6 Å². The van der Waals surface area contributed by atoms with Crippen LogP contribution in [0.15, 0.2) is 11.1 Å². The second-order valence-corrected chi connectivity index (χ2v) is 4.07. The summed E-state index contributed by atoms with van der Waals surface area (Å²) in [5.74, 6) is -0.440. The molecule has 2 N–H and O–H groups in total. The van der Waals surface area contributed by atoms with Gasteiger partial charge in [0.1, 0.15) is 6.04 Å². The molecule has 0 aromatic rings. The number of hydrogen-bond acceptors (Lipinski definition) is 2. The number of halogens is 1. The van der Waals surface area contributed by atoms with Crippen molar-refractivity contribution >= 4 is 17.6 Å². The van der Waals surface area contributed by atoms with Gasteiger partial charge in [0.25, 0.3) is 0 Å². The summed E-state index contributed by atoms with van der Waals surface area (Å²) < 4.78 is 0. The number of carbonyl (C=O) groups is 1. The predicted molar refractivity (Wildman–Crippen MR) is 58.5 cm³/mol. The fourth-order valence-corrected chi connectivity index (χ4v) is 1.14. The molecule has 4 heteroatoms. The molecule has 0 radical (unpaired) electrons. The van der Waals surface area contributed by atoms with Gasteiger partial charge >= 0.3 is 5.97 Å². The molecule has 0 saturated heterocycles. The van der Waals surface area contributed by atoms with Crippen LogP contribution in [0.3, 0.4) is 0 Å². The van der Waals surface area contributed by atoms with Crippen molar-refractivity contribution in [2.24, 2.45) is 5.92 Å². The van der Waals surface area contributed by atoms with Gasteiger partial charge < -0.3 is 10.4 Å². The van der Waals surface area contributed by atoms with E-state index in [1.807, 2.05) is 20.8 Å². The molecule has 0 aromatic carbocycles. The third-order valence-electron chi connectivity index (χ3n) is 1.82. The molecule has 0 fully saturated rings. The zero-order chi connectivity index (χ0) is 11.1. The summed E-state index contributed by atoms with van der Waals surface area (Å²) >= 11 is 5.47. The Morgan fingerprint density at radius 3 is 2.50 bits per heavy atom. The Balaban J connectivity index is 4.04. The van der Waals surface area contributed by atoms with Crippen LogP contribution in [0.25, 0.3) is 0 Å². The zero-order valence-corrected chi connectivity index (χ0v) is 9.64. The zero-order valence-electron chi connectivity index (χ0n) is 8.88. The Bertz CT molecular complexity index is 214. The van der Waals surface area contributed by atoms with Crippen molar-refractivity contribution in [2.45, 2.75) is 33.2 Å². The van der Waals surface area contributed by atoms with Crippen molar-refractivity contribution < 1.29 is 9.90 Å². The van der Waals surface area contributed by atoms with Crippen LogP contribution in [0.4, 0.5) is 0 Å². The maximum Gasteiger partial charge on any atom is 0.320 e. The quantitative estimate of drug-likeness (QED) is 0.720. The third-order valence-corrected chi connectivity index (χ3v) is 2.19. The molecule has 0 aliphatic carbocycles. The molecular weight excluding hydrogens is 202 g/mol. The van der Waals surface area contributed by atoms with Crippen LogP contribution in [0.5, 0.6) is 0 Å². The van der Waals surface area contributed by atoms with E-state index in [0.29, 0.717) is 18.9 Å². The van der Waals surface area contributed by atoms with Gasteiger partial charge in [-0.2, -0.15) is 0 Å². The van der Waals surface area contributed by atoms with Crippen molar-refractivity contribution in [1.82, 2.24) is 5.32 Å². The molecule has 82 valence electrons. The number of rotatable bonds is 6. The minimum Gasteiger partial charge on any atom is -0.480 e. The highest BCUT2D eigenvalue weighted by Gasteiger charge is 2.17. The first-order chi connectivity index (χ1) is 6.47. The van der Waals surface area contributed by atoms with Crippen molar-refractivity contribution in [2.75, 3.05) is 6.54 Å². The Kier molecular flexibility index (Phi) is 6.58. The van der Waals surface area contributed by atoms with E-state index < -0.39 is 12.0 Å². The Labute approximate surface area is 90.1 Å². The number of hydrogen-bond donors (Lipinski definition) is 2. The molecule has 1 atom stereocenters. The van der Waals surface area contributed by atoms with Crippen LogP contribution < -0.4 is 5.32 Å². The first kappa shape index (κ1) is 13.5. The Hall–Kier alpha value is -0.540. The summed E-state index contributed by atoms with van der Waals surface area (Å²) in [6, 6.07) is -0.485. The third kappa shape index (κ3) is 6.00. The van der Waals surface area contributed by atoms with Crippen LogP contribution in [0.1, 0.15) is 27.2 Å². The maximum absolute atomic E-state index is 10.8. The molecule has 0 spiro atoms. The van der Waals surface area contributed by atoms with Crippen LogP contribution in [0, 0.1) is 5.92 Å². The van der Waals surface area contributed by atoms with E-state index in [0.717, 1.165) is 5.57 Å². The molecule has 1 unspecified atom stereocenters. The molecule has 14 heavy (non-hydrogen) atoms. The van der Waals surface area contributed by atoms with Crippen LogP contribution in [-0.2, 0) is 4.79 Å². The van der Waals surface area contributed by atoms with E-state index in [1.165, 1.54) is 5.54 Å². The average molecular weight is 220 g/mol. The minimum atomic E-state index is -0.805. The molecular formula is C10H18ClNO2. The number of carboxylic acids is 1. The molecule has 0 aliphatic rings. The van der Waals surface area contributed by atoms with E-state index in [4.69, 9.17) is 16.7 Å². The van der Waals surface area contributed by atoms with E-state index in [2.05, 4.69) is 5.32 Å². The van der Waals surface area contributed by atoms with Gasteiger partial charge in [-0.15, -0.1) is 0 Å². The van der Waals surface area contributed by atoms with Gasteiger partial charge in [-0.3, -0.25) is 4.79 Å². The highest BCUT2D eigenvalue weighted by molar-refractivity contribution is 6.25. The van der Waals surface area contributed by atoms with Crippen molar-refractivity contribution in [3.8, 4) is 0 Å². The Morgan fingerprint density at radius 1 is 1.57 bits per heavy atom. The second kappa shape index (κ2) is 6.85. The van der Waals surface area contributed by atoms with Gasteiger partial charge in [-0.1, -0.05) is 25.4 Å². The lowest BCUT2D eigenvalue weighted by Gasteiger charge is -2.16. The largest absolute Gasteiger partial charge is 0.480 e. The molecule has 0 rings (SSSR count). The maximum atomic E-state index is 10.8. The highest BCUT2D eigenvalue weighted by Crippen LogP contribution is 2.05. The molecule has 0 amide bonds. The van der Waals surface area contributed by atoms with Gasteiger partial charge in [-0.05, 0) is 24.8 Å². The second-order valence-electron chi connectivity index (χ2n) is 3.86. The van der Waals surface area contributed by atoms with Gasteiger partial charge in [0, 0.05) is 12.1 Å². The lowest BCUT2D eigenvalue weighted by molar-refractivity contribution is -0.139. The average Bonchev–Trinajstić information content (AvgIpc) is 2.10. The van der Waals surface area contributed by atoms with E-state index in [-0.39, 0.29) is 0 Å².